The predicted octanol–water partition coefficient (Wildman–Crippen LogP) is 6.54. The van der Waals surface area contributed by atoms with Gasteiger partial charge in [0.2, 0.25) is 5.41 Å². The number of nitrogens with zero attached hydrogens (tertiary/aromatic N) is 1. The second-order valence-electron chi connectivity index (χ2n) is 12.1. The normalized spacial score (nSPS) is 14.5. The maximum Gasteiger partial charge on any atom is 0.416 e. The molecular weight excluding hydrogens is 761 g/mol. The van der Waals surface area contributed by atoms with Crippen molar-refractivity contribution < 1.29 is 51.4 Å². The smallest absolute Gasteiger partial charge is 0.416 e. The van der Waals surface area contributed by atoms with Crippen molar-refractivity contribution in [3.05, 3.63) is 118 Å². The average molecular weight is 800 g/mol. The van der Waals surface area contributed by atoms with Crippen molar-refractivity contribution in [1.82, 2.24) is 10.2 Å². The quantitative estimate of drug-likeness (QED) is 0.0895. The molecule has 3 aromatic rings. The van der Waals surface area contributed by atoms with E-state index in [9.17, 15) is 37.1 Å². The van der Waals surface area contributed by atoms with Gasteiger partial charge in [-0.3, -0.25) is 24.0 Å². The minimum atomic E-state index is -4.52. The summed E-state index contributed by atoms with van der Waals surface area (Å²) in [4.78, 5) is 67.8. The molecule has 2 amide bonds. The van der Waals surface area contributed by atoms with Gasteiger partial charge in [-0.15, -0.1) is 0 Å². The zero-order chi connectivity index (χ0) is 38.9. The number of hydrogen-bond donors (Lipinski definition) is 1. The zero-order valence-corrected chi connectivity index (χ0v) is 31.0. The highest BCUT2D eigenvalue weighted by Crippen LogP contribution is 2.35. The maximum atomic E-state index is 13.7. The topological polar surface area (TPSA) is 128 Å². The van der Waals surface area contributed by atoms with Crippen molar-refractivity contribution in [1.29, 1.82) is 0 Å². The van der Waals surface area contributed by atoms with Crippen LogP contribution in [0.1, 0.15) is 48.2 Å². The number of alkyl halides is 4. The van der Waals surface area contributed by atoms with E-state index in [0.29, 0.717) is 16.7 Å². The van der Waals surface area contributed by atoms with Crippen LogP contribution in [0.3, 0.4) is 0 Å². The van der Waals surface area contributed by atoms with Gasteiger partial charge in [-0.05, 0) is 61.2 Å². The van der Waals surface area contributed by atoms with E-state index in [1.165, 1.54) is 55.4 Å². The number of ether oxygens (including phenoxy) is 3. The molecule has 280 valence electrons. The molecule has 14 heteroatoms. The van der Waals surface area contributed by atoms with Crippen molar-refractivity contribution in [2.45, 2.75) is 43.1 Å². The fraction of sp³-hybridized carbons (Fsp3) is 0.308. The maximum absolute atomic E-state index is 13.7. The molecule has 0 saturated heterocycles. The summed E-state index contributed by atoms with van der Waals surface area (Å²) in [7, 11) is 3.03. The third-order valence-electron chi connectivity index (χ3n) is 8.31. The number of halogens is 4. The summed E-state index contributed by atoms with van der Waals surface area (Å²) in [5, 5.41) is 2.81. The molecule has 0 aliphatic heterocycles. The van der Waals surface area contributed by atoms with Crippen LogP contribution in [0.15, 0.2) is 102 Å². The van der Waals surface area contributed by atoms with Gasteiger partial charge in [0.15, 0.2) is 0 Å². The van der Waals surface area contributed by atoms with Gasteiger partial charge >= 0.3 is 24.1 Å². The van der Waals surface area contributed by atoms with Gasteiger partial charge in [0.1, 0.15) is 6.61 Å². The molecule has 1 unspecified atom stereocenters. The third kappa shape index (κ3) is 9.41. The number of carbonyl (C=O) groups is 5. The summed E-state index contributed by atoms with van der Waals surface area (Å²) in [5.74, 6) is -3.80. The van der Waals surface area contributed by atoms with Crippen LogP contribution in [0.4, 0.5) is 13.2 Å². The third-order valence-corrected chi connectivity index (χ3v) is 9.09. The lowest BCUT2D eigenvalue weighted by Gasteiger charge is -2.29. The van der Waals surface area contributed by atoms with Gasteiger partial charge in [-0.1, -0.05) is 82.2 Å². The molecule has 0 fully saturated rings. The molecule has 1 aliphatic rings. The lowest BCUT2D eigenvalue weighted by atomic mass is 9.81. The monoisotopic (exact) mass is 798 g/mol. The van der Waals surface area contributed by atoms with E-state index in [0.717, 1.165) is 12.1 Å². The molecule has 0 heterocycles. The SMILES string of the molecule is CCOC(=O)C(COC(=O)CC1=CC(C(=O)N(C)C)=C(NC(=O)c2ccccc2-c2ccc(C(F)(F)F)cc2)C(Br)C1)(C(=O)OCC)c1ccccc1. The highest BCUT2D eigenvalue weighted by Gasteiger charge is 2.52. The van der Waals surface area contributed by atoms with Crippen LogP contribution in [0, 0.1) is 0 Å². The Morgan fingerprint density at radius 1 is 0.811 bits per heavy atom. The largest absolute Gasteiger partial charge is 0.465 e. The Hall–Kier alpha value is -5.24. The zero-order valence-electron chi connectivity index (χ0n) is 29.4. The Kier molecular flexibility index (Phi) is 13.4. The molecule has 53 heavy (non-hydrogen) atoms. The predicted molar refractivity (Wildman–Crippen MR) is 192 cm³/mol. The lowest BCUT2D eigenvalue weighted by Crippen LogP contribution is -2.50. The van der Waals surface area contributed by atoms with E-state index >= 15 is 0 Å². The van der Waals surface area contributed by atoms with Crippen molar-refractivity contribution in [3.63, 3.8) is 0 Å². The molecule has 0 radical (unpaired) electrons. The van der Waals surface area contributed by atoms with E-state index in [2.05, 4.69) is 21.2 Å². The molecule has 10 nitrogen and oxygen atoms in total. The van der Waals surface area contributed by atoms with Crippen LogP contribution in [0.5, 0.6) is 0 Å². The summed E-state index contributed by atoms with van der Waals surface area (Å²) in [6.07, 6.45) is -3.24. The molecule has 0 aromatic heterocycles. The molecular formula is C39H38BrF3N2O8. The Labute approximate surface area is 313 Å². The Balaban J connectivity index is 1.62. The van der Waals surface area contributed by atoms with Crippen LogP contribution in [0.25, 0.3) is 11.1 Å². The second kappa shape index (κ2) is 17.5. The number of nitrogens with one attached hydrogen (secondary N) is 1. The van der Waals surface area contributed by atoms with E-state index in [1.54, 1.807) is 50.2 Å². The minimum absolute atomic E-state index is 0.0468. The van der Waals surface area contributed by atoms with Crippen molar-refractivity contribution in [2.24, 2.45) is 0 Å². The van der Waals surface area contributed by atoms with Crippen LogP contribution < -0.4 is 5.32 Å². The molecule has 4 rings (SSSR count). The van der Waals surface area contributed by atoms with Gasteiger partial charge in [-0.25, -0.2) is 0 Å². The highest BCUT2D eigenvalue weighted by atomic mass is 79.9. The molecule has 0 spiro atoms. The number of hydrogen-bond acceptors (Lipinski definition) is 8. The molecule has 0 bridgehead atoms. The molecule has 0 saturated carbocycles. The summed E-state index contributed by atoms with van der Waals surface area (Å²) in [6.45, 7) is 2.35. The number of benzene rings is 3. The van der Waals surface area contributed by atoms with Gasteiger partial charge in [0.25, 0.3) is 11.8 Å². The summed E-state index contributed by atoms with van der Waals surface area (Å²) in [6, 6.07) is 18.8. The molecule has 1 atom stereocenters. The Bertz CT molecular complexity index is 1890. The Morgan fingerprint density at radius 3 is 1.96 bits per heavy atom. The average Bonchev–Trinajstić information content (AvgIpc) is 3.13. The van der Waals surface area contributed by atoms with Crippen molar-refractivity contribution >= 4 is 45.7 Å². The standard InChI is InChI=1S/C39H38BrF3N2O8/c1-5-51-36(49)38(37(50)52-6-2,26-12-8-7-9-13-26)23-53-32(46)22-24-20-30(35(48)45(3)4)33(31(40)21-24)44-34(47)29-15-11-10-14-28(29)25-16-18-27(19-17-25)39(41,42)43/h7-20,31H,5-6,21-23H2,1-4H3,(H,44,47). The molecule has 1 aliphatic carbocycles. The van der Waals surface area contributed by atoms with Crippen LogP contribution in [0.2, 0.25) is 0 Å². The van der Waals surface area contributed by atoms with Gasteiger partial charge in [0, 0.05) is 25.4 Å². The van der Waals surface area contributed by atoms with Crippen molar-refractivity contribution in [2.75, 3.05) is 33.9 Å². The number of rotatable bonds is 13. The first-order chi connectivity index (χ1) is 25.1. The highest BCUT2D eigenvalue weighted by molar-refractivity contribution is 9.09. The second-order valence-corrected chi connectivity index (χ2v) is 13.2. The van der Waals surface area contributed by atoms with Crippen LogP contribution in [-0.4, -0.2) is 73.4 Å². The van der Waals surface area contributed by atoms with Crippen molar-refractivity contribution in [3.8, 4) is 11.1 Å². The number of allylic oxidation sites excluding steroid dienone is 1. The van der Waals surface area contributed by atoms with E-state index in [1.807, 2.05) is 0 Å². The van der Waals surface area contributed by atoms with E-state index in [4.69, 9.17) is 14.2 Å². The number of carbonyl (C=O) groups excluding carboxylic acids is 5. The first-order valence-corrected chi connectivity index (χ1v) is 17.5. The molecule has 3 aromatic carbocycles. The number of esters is 3. The van der Waals surface area contributed by atoms with Gasteiger partial charge in [-0.2, -0.15) is 13.2 Å². The lowest BCUT2D eigenvalue weighted by molar-refractivity contribution is -0.170. The fourth-order valence-corrected chi connectivity index (χ4v) is 6.44. The van der Waals surface area contributed by atoms with Gasteiger partial charge in [0.05, 0.1) is 35.6 Å². The van der Waals surface area contributed by atoms with Crippen LogP contribution >= 0.6 is 15.9 Å². The molecule has 1 N–H and O–H groups in total. The van der Waals surface area contributed by atoms with E-state index < -0.39 is 58.3 Å². The summed E-state index contributed by atoms with van der Waals surface area (Å²) >= 11 is 3.54. The van der Waals surface area contributed by atoms with Crippen LogP contribution in [-0.2, 0) is 45.0 Å². The first-order valence-electron chi connectivity index (χ1n) is 16.6. The minimum Gasteiger partial charge on any atom is -0.465 e. The Morgan fingerprint density at radius 2 is 1.40 bits per heavy atom. The first kappa shape index (κ1) is 40.5. The number of amides is 2. The van der Waals surface area contributed by atoms with Gasteiger partial charge < -0.3 is 24.4 Å². The summed E-state index contributed by atoms with van der Waals surface area (Å²) in [5.41, 5.74) is -1.08. The summed E-state index contributed by atoms with van der Waals surface area (Å²) < 4.78 is 55.6. The fourth-order valence-electron chi connectivity index (χ4n) is 5.67. The van der Waals surface area contributed by atoms with E-state index in [-0.39, 0.29) is 48.5 Å². The number of likely N-dealkylation sites (N-methyl/N-ethyl adjacent to an activating group) is 1.